The Morgan fingerprint density at radius 1 is 1.39 bits per heavy atom. The summed E-state index contributed by atoms with van der Waals surface area (Å²) >= 11 is 0. The molecule has 0 aliphatic carbocycles. The van der Waals surface area contributed by atoms with Crippen LogP contribution in [0.4, 0.5) is 26.3 Å². The zero-order chi connectivity index (χ0) is 14.1. The van der Waals surface area contributed by atoms with Crippen molar-refractivity contribution in [3.05, 3.63) is 28.8 Å². The lowest BCUT2D eigenvalue weighted by molar-refractivity contribution is -0.141. The molecular weight excluding hydrogens is 268 g/mol. The number of carbonyl (C=O) groups is 1. The fourth-order valence-corrected chi connectivity index (χ4v) is 1.21. The molecule has 0 spiro atoms. The number of alkyl halides is 5. The van der Waals surface area contributed by atoms with Gasteiger partial charge in [-0.15, -0.1) is 0 Å². The number of rotatable bonds is 3. The highest BCUT2D eigenvalue weighted by atomic mass is 19.4. The Morgan fingerprint density at radius 2 is 1.94 bits per heavy atom. The van der Waals surface area contributed by atoms with Gasteiger partial charge in [0.1, 0.15) is 17.2 Å². The van der Waals surface area contributed by atoms with Gasteiger partial charge in [-0.2, -0.15) is 13.2 Å². The van der Waals surface area contributed by atoms with Gasteiger partial charge in [0.15, 0.2) is 0 Å². The standard InChI is InChI=1S/C9H5F6NO2/c10-4-2-5(9(13,14)15)16-7(8(11)12)3(4)1-6(17)18/h2,8H,1H2,(H,17,18). The van der Waals surface area contributed by atoms with Crippen LogP contribution >= 0.6 is 0 Å². The summed E-state index contributed by atoms with van der Waals surface area (Å²) in [4.78, 5) is 12.9. The molecule has 0 aliphatic rings. The maximum Gasteiger partial charge on any atom is 0.433 e. The van der Waals surface area contributed by atoms with Gasteiger partial charge in [0.05, 0.1) is 6.42 Å². The van der Waals surface area contributed by atoms with E-state index in [9.17, 15) is 31.1 Å². The second kappa shape index (κ2) is 4.83. The van der Waals surface area contributed by atoms with E-state index in [1.165, 1.54) is 0 Å². The summed E-state index contributed by atoms with van der Waals surface area (Å²) in [6, 6.07) is -0.107. The van der Waals surface area contributed by atoms with E-state index in [4.69, 9.17) is 5.11 Å². The minimum Gasteiger partial charge on any atom is -0.481 e. The normalized spacial score (nSPS) is 11.9. The molecule has 0 saturated carbocycles. The van der Waals surface area contributed by atoms with Crippen molar-refractivity contribution >= 4 is 5.97 Å². The number of nitrogens with zero attached hydrogens (tertiary/aromatic N) is 1. The quantitative estimate of drug-likeness (QED) is 0.861. The first kappa shape index (κ1) is 14.3. The molecule has 18 heavy (non-hydrogen) atoms. The Hall–Kier alpha value is -1.80. The van der Waals surface area contributed by atoms with E-state index in [0.29, 0.717) is 0 Å². The van der Waals surface area contributed by atoms with Crippen molar-refractivity contribution in [2.75, 3.05) is 0 Å². The van der Waals surface area contributed by atoms with Crippen molar-refractivity contribution in [2.24, 2.45) is 0 Å². The number of pyridine rings is 1. The highest BCUT2D eigenvalue weighted by Gasteiger charge is 2.35. The molecule has 1 N–H and O–H groups in total. The summed E-state index contributed by atoms with van der Waals surface area (Å²) in [6.07, 6.45) is -9.76. The summed E-state index contributed by atoms with van der Waals surface area (Å²) in [5.74, 6) is -3.33. The summed E-state index contributed by atoms with van der Waals surface area (Å²) in [5.41, 5.74) is -4.39. The van der Waals surface area contributed by atoms with Gasteiger partial charge in [0.2, 0.25) is 0 Å². The minimum atomic E-state index is -5.09. The number of halogens is 6. The summed E-state index contributed by atoms with van der Waals surface area (Å²) < 4.78 is 74.7. The lowest BCUT2D eigenvalue weighted by atomic mass is 10.1. The Bertz CT molecular complexity index is 471. The van der Waals surface area contributed by atoms with Gasteiger partial charge >= 0.3 is 12.1 Å². The van der Waals surface area contributed by atoms with Gasteiger partial charge in [0, 0.05) is 11.6 Å². The van der Waals surface area contributed by atoms with E-state index in [0.717, 1.165) is 0 Å². The third kappa shape index (κ3) is 3.11. The molecule has 0 fully saturated rings. The number of carboxylic acid groups (broad SMARTS) is 1. The highest BCUT2D eigenvalue weighted by molar-refractivity contribution is 5.70. The van der Waals surface area contributed by atoms with Gasteiger partial charge in [-0.05, 0) is 0 Å². The SMILES string of the molecule is O=C(O)Cc1c(F)cc(C(F)(F)F)nc1C(F)F. The second-order valence-electron chi connectivity index (χ2n) is 3.22. The Morgan fingerprint density at radius 3 is 2.33 bits per heavy atom. The zero-order valence-electron chi connectivity index (χ0n) is 8.43. The molecule has 100 valence electrons. The molecule has 9 heteroatoms. The van der Waals surface area contributed by atoms with Crippen LogP contribution in [0.3, 0.4) is 0 Å². The maximum atomic E-state index is 13.2. The van der Waals surface area contributed by atoms with E-state index < -0.39 is 47.8 Å². The van der Waals surface area contributed by atoms with Gasteiger partial charge in [0.25, 0.3) is 6.43 Å². The molecule has 0 bridgehead atoms. The molecule has 1 aromatic rings. The van der Waals surface area contributed by atoms with E-state index in [-0.39, 0.29) is 6.07 Å². The Labute approximate surface area is 96.1 Å². The van der Waals surface area contributed by atoms with Crippen LogP contribution in [0.5, 0.6) is 0 Å². The first-order valence-electron chi connectivity index (χ1n) is 4.39. The molecule has 0 aliphatic heterocycles. The number of carboxylic acids is 1. The summed E-state index contributed by atoms with van der Waals surface area (Å²) in [6.45, 7) is 0. The van der Waals surface area contributed by atoms with E-state index in [2.05, 4.69) is 4.98 Å². The summed E-state index contributed by atoms with van der Waals surface area (Å²) in [5, 5.41) is 8.37. The molecule has 0 aromatic carbocycles. The lowest BCUT2D eigenvalue weighted by Crippen LogP contribution is -2.15. The zero-order valence-corrected chi connectivity index (χ0v) is 8.43. The third-order valence-electron chi connectivity index (χ3n) is 1.93. The Kier molecular flexibility index (Phi) is 3.82. The van der Waals surface area contributed by atoms with Crippen LogP contribution in [-0.4, -0.2) is 16.1 Å². The van der Waals surface area contributed by atoms with E-state index in [1.54, 1.807) is 0 Å². The average Bonchev–Trinajstić information content (AvgIpc) is 2.17. The van der Waals surface area contributed by atoms with E-state index in [1.807, 2.05) is 0 Å². The number of aliphatic carboxylic acids is 1. The number of hydrogen-bond donors (Lipinski definition) is 1. The smallest absolute Gasteiger partial charge is 0.433 e. The lowest BCUT2D eigenvalue weighted by Gasteiger charge is -2.12. The van der Waals surface area contributed by atoms with Crippen molar-refractivity contribution in [1.82, 2.24) is 4.98 Å². The fraction of sp³-hybridized carbons (Fsp3) is 0.333. The number of aromatic nitrogens is 1. The molecular formula is C9H5F6NO2. The molecule has 0 radical (unpaired) electrons. The largest absolute Gasteiger partial charge is 0.481 e. The van der Waals surface area contributed by atoms with Crippen molar-refractivity contribution < 1.29 is 36.2 Å². The molecule has 1 aromatic heterocycles. The van der Waals surface area contributed by atoms with Crippen LogP contribution in [0.1, 0.15) is 23.4 Å². The predicted octanol–water partition coefficient (Wildman–Crippen LogP) is 2.80. The van der Waals surface area contributed by atoms with Crippen LogP contribution in [-0.2, 0) is 17.4 Å². The second-order valence-corrected chi connectivity index (χ2v) is 3.22. The molecule has 3 nitrogen and oxygen atoms in total. The monoisotopic (exact) mass is 273 g/mol. The number of hydrogen-bond acceptors (Lipinski definition) is 2. The van der Waals surface area contributed by atoms with Crippen LogP contribution in [0.25, 0.3) is 0 Å². The van der Waals surface area contributed by atoms with Crippen LogP contribution in [0.15, 0.2) is 6.07 Å². The Balaban J connectivity index is 3.40. The highest BCUT2D eigenvalue weighted by Crippen LogP contribution is 2.32. The first-order chi connectivity index (χ1) is 8.12. The molecule has 0 saturated heterocycles. The molecule has 0 amide bonds. The van der Waals surface area contributed by atoms with Gasteiger partial charge in [-0.25, -0.2) is 18.2 Å². The summed E-state index contributed by atoms with van der Waals surface area (Å²) in [7, 11) is 0. The molecule has 1 rings (SSSR count). The van der Waals surface area contributed by atoms with Crippen LogP contribution in [0, 0.1) is 5.82 Å². The van der Waals surface area contributed by atoms with Crippen molar-refractivity contribution in [1.29, 1.82) is 0 Å². The average molecular weight is 273 g/mol. The first-order valence-corrected chi connectivity index (χ1v) is 4.39. The van der Waals surface area contributed by atoms with E-state index >= 15 is 0 Å². The van der Waals surface area contributed by atoms with Gasteiger partial charge < -0.3 is 5.11 Å². The predicted molar refractivity (Wildman–Crippen MR) is 45.5 cm³/mol. The minimum absolute atomic E-state index is 0.107. The molecule has 0 unspecified atom stereocenters. The van der Waals surface area contributed by atoms with Crippen LogP contribution < -0.4 is 0 Å². The third-order valence-corrected chi connectivity index (χ3v) is 1.93. The van der Waals surface area contributed by atoms with Gasteiger partial charge in [-0.3, -0.25) is 4.79 Å². The van der Waals surface area contributed by atoms with Gasteiger partial charge in [-0.1, -0.05) is 0 Å². The molecule has 0 atom stereocenters. The topological polar surface area (TPSA) is 50.2 Å². The fourth-order valence-electron chi connectivity index (χ4n) is 1.21. The maximum absolute atomic E-state index is 13.2. The van der Waals surface area contributed by atoms with Crippen LogP contribution in [0.2, 0.25) is 0 Å². The van der Waals surface area contributed by atoms with Crippen molar-refractivity contribution in [3.63, 3.8) is 0 Å². The van der Waals surface area contributed by atoms with Crippen molar-refractivity contribution in [2.45, 2.75) is 19.0 Å². The molecule has 1 heterocycles. The van der Waals surface area contributed by atoms with Crippen molar-refractivity contribution in [3.8, 4) is 0 Å².